The van der Waals surface area contributed by atoms with Crippen LogP contribution in [-0.2, 0) is 11.2 Å². The Morgan fingerprint density at radius 1 is 1.06 bits per heavy atom. The van der Waals surface area contributed by atoms with Gasteiger partial charge in [-0.2, -0.15) is 0 Å². The van der Waals surface area contributed by atoms with Crippen molar-refractivity contribution in [1.29, 1.82) is 0 Å². The van der Waals surface area contributed by atoms with E-state index in [4.69, 9.17) is 5.73 Å². The molecule has 3 rings (SSSR count). The number of rotatable bonds is 2. The van der Waals surface area contributed by atoms with Crippen LogP contribution in [0, 0.1) is 0 Å². The molecule has 2 aromatic carbocycles. The van der Waals surface area contributed by atoms with Crippen LogP contribution in [0.1, 0.15) is 5.56 Å². The van der Waals surface area contributed by atoms with E-state index in [2.05, 4.69) is 24.3 Å². The highest BCUT2D eigenvalue weighted by molar-refractivity contribution is 7.25. The largest absolute Gasteiger partial charge is 0.369 e. The maximum Gasteiger partial charge on any atom is 0.221 e. The van der Waals surface area contributed by atoms with E-state index in [1.807, 2.05) is 18.2 Å². The molecule has 1 heterocycles. The highest BCUT2D eigenvalue weighted by atomic mass is 32.1. The van der Waals surface area contributed by atoms with E-state index in [1.165, 1.54) is 20.2 Å². The van der Waals surface area contributed by atoms with Crippen LogP contribution in [0.4, 0.5) is 0 Å². The lowest BCUT2D eigenvalue weighted by Gasteiger charge is -1.98. The van der Waals surface area contributed by atoms with E-state index in [0.717, 1.165) is 5.56 Å². The van der Waals surface area contributed by atoms with Crippen molar-refractivity contribution in [3.05, 3.63) is 48.0 Å². The van der Waals surface area contributed by atoms with Crippen LogP contribution in [0.5, 0.6) is 0 Å². The standard InChI is InChI=1S/C14H11NOS/c15-14(16)8-9-5-6-13-11(7-9)10-3-1-2-4-12(10)17-13/h1-7H,8H2,(H2,15,16). The number of hydrogen-bond acceptors (Lipinski definition) is 2. The van der Waals surface area contributed by atoms with Gasteiger partial charge in [-0.1, -0.05) is 24.3 Å². The van der Waals surface area contributed by atoms with E-state index < -0.39 is 0 Å². The molecule has 17 heavy (non-hydrogen) atoms. The Hall–Kier alpha value is -1.87. The summed E-state index contributed by atoms with van der Waals surface area (Å²) in [5.41, 5.74) is 6.20. The predicted octanol–water partition coefficient (Wildman–Crippen LogP) is 3.08. The molecule has 3 heteroatoms. The normalized spacial score (nSPS) is 11.1. The van der Waals surface area contributed by atoms with Crippen molar-refractivity contribution in [2.45, 2.75) is 6.42 Å². The highest BCUT2D eigenvalue weighted by Crippen LogP contribution is 2.34. The Morgan fingerprint density at radius 2 is 1.82 bits per heavy atom. The van der Waals surface area contributed by atoms with Gasteiger partial charge in [0.25, 0.3) is 0 Å². The monoisotopic (exact) mass is 241 g/mol. The fourth-order valence-electron chi connectivity index (χ4n) is 2.08. The van der Waals surface area contributed by atoms with Crippen molar-refractivity contribution >= 4 is 37.4 Å². The van der Waals surface area contributed by atoms with Gasteiger partial charge in [-0.25, -0.2) is 0 Å². The topological polar surface area (TPSA) is 43.1 Å². The van der Waals surface area contributed by atoms with Gasteiger partial charge in [0.15, 0.2) is 0 Å². The van der Waals surface area contributed by atoms with E-state index in [-0.39, 0.29) is 5.91 Å². The summed E-state index contributed by atoms with van der Waals surface area (Å²) in [5.74, 6) is -0.288. The van der Waals surface area contributed by atoms with Gasteiger partial charge in [-0.15, -0.1) is 11.3 Å². The van der Waals surface area contributed by atoms with Gasteiger partial charge >= 0.3 is 0 Å². The summed E-state index contributed by atoms with van der Waals surface area (Å²) in [6, 6.07) is 14.4. The number of fused-ring (bicyclic) bond motifs is 3. The number of hydrogen-bond donors (Lipinski definition) is 1. The molecule has 0 aliphatic rings. The highest BCUT2D eigenvalue weighted by Gasteiger charge is 2.06. The Balaban J connectivity index is 2.26. The Labute approximate surface area is 103 Å². The van der Waals surface area contributed by atoms with Crippen LogP contribution >= 0.6 is 11.3 Å². The third kappa shape index (κ3) is 1.78. The second kappa shape index (κ2) is 3.86. The first kappa shape index (κ1) is 10.3. The van der Waals surface area contributed by atoms with Gasteiger partial charge in [0.05, 0.1) is 6.42 Å². The minimum absolute atomic E-state index is 0.288. The minimum atomic E-state index is -0.288. The lowest BCUT2D eigenvalue weighted by Crippen LogP contribution is -2.13. The van der Waals surface area contributed by atoms with Crippen molar-refractivity contribution in [2.24, 2.45) is 5.73 Å². The van der Waals surface area contributed by atoms with Crippen LogP contribution in [-0.4, -0.2) is 5.91 Å². The molecule has 0 saturated carbocycles. The molecular formula is C14H11NOS. The summed E-state index contributed by atoms with van der Waals surface area (Å²) in [4.78, 5) is 10.9. The van der Waals surface area contributed by atoms with E-state index in [0.29, 0.717) is 6.42 Å². The van der Waals surface area contributed by atoms with Crippen LogP contribution in [0.15, 0.2) is 42.5 Å². The van der Waals surface area contributed by atoms with Gasteiger partial charge in [-0.05, 0) is 23.8 Å². The molecule has 0 spiro atoms. The summed E-state index contributed by atoms with van der Waals surface area (Å²) >= 11 is 1.77. The molecule has 0 bridgehead atoms. The van der Waals surface area contributed by atoms with Gasteiger partial charge in [0.1, 0.15) is 0 Å². The SMILES string of the molecule is NC(=O)Cc1ccc2sc3ccccc3c2c1. The molecule has 0 atom stereocenters. The molecule has 2 nitrogen and oxygen atoms in total. The Morgan fingerprint density at radius 3 is 2.65 bits per heavy atom. The van der Waals surface area contributed by atoms with Gasteiger partial charge in [-0.3, -0.25) is 4.79 Å². The molecule has 2 N–H and O–H groups in total. The van der Waals surface area contributed by atoms with Gasteiger partial charge in [0, 0.05) is 20.2 Å². The molecule has 0 aliphatic carbocycles. The lowest BCUT2D eigenvalue weighted by atomic mass is 10.1. The van der Waals surface area contributed by atoms with Crippen LogP contribution in [0.2, 0.25) is 0 Å². The third-order valence-corrected chi connectivity index (χ3v) is 3.97. The van der Waals surface area contributed by atoms with Crippen molar-refractivity contribution in [3.63, 3.8) is 0 Å². The molecule has 0 radical (unpaired) electrons. The van der Waals surface area contributed by atoms with Crippen molar-refractivity contribution in [3.8, 4) is 0 Å². The molecule has 0 unspecified atom stereocenters. The molecule has 1 amide bonds. The molecule has 1 aromatic heterocycles. The third-order valence-electron chi connectivity index (χ3n) is 2.82. The van der Waals surface area contributed by atoms with Crippen LogP contribution in [0.3, 0.4) is 0 Å². The fraction of sp³-hybridized carbons (Fsp3) is 0.0714. The zero-order valence-electron chi connectivity index (χ0n) is 9.14. The first-order chi connectivity index (χ1) is 8.24. The molecule has 0 fully saturated rings. The predicted molar refractivity (Wildman–Crippen MR) is 72.2 cm³/mol. The lowest BCUT2D eigenvalue weighted by molar-refractivity contribution is -0.117. The molecule has 84 valence electrons. The smallest absolute Gasteiger partial charge is 0.221 e. The van der Waals surface area contributed by atoms with Crippen molar-refractivity contribution in [1.82, 2.24) is 0 Å². The first-order valence-electron chi connectivity index (χ1n) is 5.42. The first-order valence-corrected chi connectivity index (χ1v) is 6.24. The van der Waals surface area contributed by atoms with E-state index in [1.54, 1.807) is 11.3 Å². The molecule has 3 aromatic rings. The van der Waals surface area contributed by atoms with Crippen molar-refractivity contribution < 1.29 is 4.79 Å². The molecular weight excluding hydrogens is 230 g/mol. The second-order valence-electron chi connectivity index (χ2n) is 4.07. The zero-order chi connectivity index (χ0) is 11.8. The van der Waals surface area contributed by atoms with Gasteiger partial charge < -0.3 is 5.73 Å². The maximum absolute atomic E-state index is 10.9. The summed E-state index contributed by atoms with van der Waals surface area (Å²) in [6.07, 6.45) is 0.306. The molecule has 0 saturated heterocycles. The number of amides is 1. The second-order valence-corrected chi connectivity index (χ2v) is 5.16. The molecule has 0 aliphatic heterocycles. The van der Waals surface area contributed by atoms with E-state index >= 15 is 0 Å². The minimum Gasteiger partial charge on any atom is -0.369 e. The zero-order valence-corrected chi connectivity index (χ0v) is 9.96. The Bertz CT molecular complexity index is 714. The van der Waals surface area contributed by atoms with Crippen LogP contribution in [0.25, 0.3) is 20.2 Å². The number of carbonyl (C=O) groups excluding carboxylic acids is 1. The summed E-state index contributed by atoms with van der Waals surface area (Å²) in [6.45, 7) is 0. The van der Waals surface area contributed by atoms with Crippen molar-refractivity contribution in [2.75, 3.05) is 0 Å². The number of carbonyl (C=O) groups is 1. The summed E-state index contributed by atoms with van der Waals surface area (Å²) in [5, 5.41) is 2.46. The van der Waals surface area contributed by atoms with E-state index in [9.17, 15) is 4.79 Å². The van der Waals surface area contributed by atoms with Crippen LogP contribution < -0.4 is 5.73 Å². The number of nitrogens with two attached hydrogens (primary N) is 1. The average Bonchev–Trinajstić information content (AvgIpc) is 2.66. The number of thiophene rings is 1. The maximum atomic E-state index is 10.9. The quantitative estimate of drug-likeness (QED) is 0.736. The fourth-order valence-corrected chi connectivity index (χ4v) is 3.17. The number of benzene rings is 2. The average molecular weight is 241 g/mol. The number of primary amides is 1. The Kier molecular flexibility index (Phi) is 2.34. The summed E-state index contributed by atoms with van der Waals surface area (Å²) < 4.78 is 2.53. The van der Waals surface area contributed by atoms with Gasteiger partial charge in [0.2, 0.25) is 5.91 Å². The summed E-state index contributed by atoms with van der Waals surface area (Å²) in [7, 11) is 0.